The van der Waals surface area contributed by atoms with Crippen molar-refractivity contribution >= 4 is 5.97 Å². The quantitative estimate of drug-likeness (QED) is 0.815. The lowest BCUT2D eigenvalue weighted by Gasteiger charge is -2.08. The molecule has 0 aliphatic carbocycles. The first kappa shape index (κ1) is 15.8. The standard InChI is InChI=1S/C15H11F3O4/c16-15(17,18)13-7-11(19)6-12(22-13)8-14(20)21-9-10-4-2-1-3-5-10/h1-7H,8-9H2. The van der Waals surface area contributed by atoms with Crippen LogP contribution in [0.25, 0.3) is 0 Å². The van der Waals surface area contributed by atoms with Crippen LogP contribution >= 0.6 is 0 Å². The second-order valence-corrected chi connectivity index (χ2v) is 4.44. The zero-order valence-electron chi connectivity index (χ0n) is 11.2. The van der Waals surface area contributed by atoms with E-state index >= 15 is 0 Å². The van der Waals surface area contributed by atoms with Crippen LogP contribution in [0.3, 0.4) is 0 Å². The second-order valence-electron chi connectivity index (χ2n) is 4.44. The Labute approximate surface area is 123 Å². The fourth-order valence-electron chi connectivity index (χ4n) is 1.69. The summed E-state index contributed by atoms with van der Waals surface area (Å²) in [6, 6.07) is 9.94. The predicted molar refractivity (Wildman–Crippen MR) is 69.9 cm³/mol. The Balaban J connectivity index is 2.02. The Morgan fingerprint density at radius 1 is 1.14 bits per heavy atom. The van der Waals surface area contributed by atoms with Crippen molar-refractivity contribution in [2.45, 2.75) is 19.2 Å². The highest BCUT2D eigenvalue weighted by Crippen LogP contribution is 2.28. The predicted octanol–water partition coefficient (Wildman–Crippen LogP) is 2.94. The average molecular weight is 312 g/mol. The van der Waals surface area contributed by atoms with Gasteiger partial charge >= 0.3 is 12.1 Å². The lowest BCUT2D eigenvalue weighted by Crippen LogP contribution is -2.14. The Kier molecular flexibility index (Phi) is 4.65. The van der Waals surface area contributed by atoms with Crippen LogP contribution in [-0.4, -0.2) is 5.97 Å². The molecule has 0 unspecified atom stereocenters. The van der Waals surface area contributed by atoms with Gasteiger partial charge in [0.1, 0.15) is 18.8 Å². The van der Waals surface area contributed by atoms with E-state index in [-0.39, 0.29) is 6.61 Å². The van der Waals surface area contributed by atoms with Crippen molar-refractivity contribution in [3.05, 3.63) is 69.8 Å². The highest BCUT2D eigenvalue weighted by atomic mass is 19.4. The minimum Gasteiger partial charge on any atom is -0.460 e. The first-order valence-electron chi connectivity index (χ1n) is 6.25. The van der Waals surface area contributed by atoms with Gasteiger partial charge in [0.2, 0.25) is 5.76 Å². The molecule has 0 radical (unpaired) electrons. The molecule has 2 aromatic rings. The van der Waals surface area contributed by atoms with Gasteiger partial charge in [-0.05, 0) is 5.56 Å². The number of carbonyl (C=O) groups excluding carboxylic acids is 1. The number of alkyl halides is 3. The lowest BCUT2D eigenvalue weighted by molar-refractivity contribution is -0.155. The van der Waals surface area contributed by atoms with Crippen LogP contribution < -0.4 is 5.43 Å². The minimum absolute atomic E-state index is 0.0110. The van der Waals surface area contributed by atoms with Gasteiger partial charge in [0.05, 0.1) is 0 Å². The fraction of sp³-hybridized carbons (Fsp3) is 0.200. The zero-order chi connectivity index (χ0) is 16.2. The molecule has 22 heavy (non-hydrogen) atoms. The third-order valence-electron chi connectivity index (χ3n) is 2.66. The SMILES string of the molecule is O=C(Cc1cc(=O)cc(C(F)(F)F)o1)OCc1ccccc1. The van der Waals surface area contributed by atoms with E-state index < -0.39 is 35.5 Å². The van der Waals surface area contributed by atoms with Gasteiger partial charge in [0.15, 0.2) is 5.43 Å². The third-order valence-corrected chi connectivity index (χ3v) is 2.66. The summed E-state index contributed by atoms with van der Waals surface area (Å²) in [5.41, 5.74) is -0.147. The van der Waals surface area contributed by atoms with E-state index in [4.69, 9.17) is 4.74 Å². The number of carbonyl (C=O) groups is 1. The molecular formula is C15H11F3O4. The van der Waals surface area contributed by atoms with Crippen LogP contribution in [0, 0.1) is 0 Å². The van der Waals surface area contributed by atoms with Gasteiger partial charge in [0.25, 0.3) is 0 Å². The number of halogens is 3. The number of hydrogen-bond donors (Lipinski definition) is 0. The fourth-order valence-corrected chi connectivity index (χ4v) is 1.69. The maximum Gasteiger partial charge on any atom is 0.449 e. The largest absolute Gasteiger partial charge is 0.460 e. The van der Waals surface area contributed by atoms with Crippen molar-refractivity contribution in [1.29, 1.82) is 0 Å². The Morgan fingerprint density at radius 3 is 2.45 bits per heavy atom. The van der Waals surface area contributed by atoms with Gasteiger partial charge in [-0.3, -0.25) is 9.59 Å². The van der Waals surface area contributed by atoms with Gasteiger partial charge in [-0.2, -0.15) is 13.2 Å². The molecule has 1 aromatic heterocycles. The summed E-state index contributed by atoms with van der Waals surface area (Å²) in [6.07, 6.45) is -5.34. The van der Waals surface area contributed by atoms with E-state index in [0.29, 0.717) is 6.07 Å². The van der Waals surface area contributed by atoms with Gasteiger partial charge in [-0.25, -0.2) is 0 Å². The van der Waals surface area contributed by atoms with Crippen LogP contribution in [-0.2, 0) is 28.7 Å². The molecule has 0 aliphatic rings. The van der Waals surface area contributed by atoms with E-state index in [1.54, 1.807) is 30.3 Å². The molecule has 1 heterocycles. The molecule has 0 saturated carbocycles. The molecule has 0 aliphatic heterocycles. The molecule has 2 rings (SSSR count). The van der Waals surface area contributed by atoms with Crippen LogP contribution in [0.15, 0.2) is 51.7 Å². The first-order valence-corrected chi connectivity index (χ1v) is 6.25. The molecule has 0 fully saturated rings. The van der Waals surface area contributed by atoms with Crippen molar-refractivity contribution in [2.24, 2.45) is 0 Å². The van der Waals surface area contributed by atoms with Crippen LogP contribution in [0.1, 0.15) is 17.1 Å². The maximum atomic E-state index is 12.5. The van der Waals surface area contributed by atoms with Crippen molar-refractivity contribution in [3.63, 3.8) is 0 Å². The molecule has 4 nitrogen and oxygen atoms in total. The van der Waals surface area contributed by atoms with Crippen LogP contribution in [0.2, 0.25) is 0 Å². The molecule has 0 bridgehead atoms. The molecular weight excluding hydrogens is 301 g/mol. The summed E-state index contributed by atoms with van der Waals surface area (Å²) in [5, 5.41) is 0. The van der Waals surface area contributed by atoms with E-state index in [0.717, 1.165) is 11.6 Å². The Hall–Kier alpha value is -2.57. The molecule has 0 N–H and O–H groups in total. The number of esters is 1. The minimum atomic E-state index is -4.79. The third kappa shape index (κ3) is 4.47. The monoisotopic (exact) mass is 312 g/mol. The smallest absolute Gasteiger partial charge is 0.449 e. The van der Waals surface area contributed by atoms with Gasteiger partial charge in [-0.1, -0.05) is 30.3 Å². The summed E-state index contributed by atoms with van der Waals surface area (Å²) < 4.78 is 47.0. The van der Waals surface area contributed by atoms with E-state index in [1.807, 2.05) is 0 Å². The summed E-state index contributed by atoms with van der Waals surface area (Å²) in [5.74, 6) is -2.62. The zero-order valence-corrected chi connectivity index (χ0v) is 11.2. The second kappa shape index (κ2) is 6.46. The molecule has 0 atom stereocenters. The topological polar surface area (TPSA) is 56.5 Å². The number of rotatable bonds is 4. The summed E-state index contributed by atoms with van der Waals surface area (Å²) in [7, 11) is 0. The summed E-state index contributed by atoms with van der Waals surface area (Å²) >= 11 is 0. The first-order chi connectivity index (χ1) is 10.3. The summed E-state index contributed by atoms with van der Waals surface area (Å²) in [6.45, 7) is -0.0110. The van der Waals surface area contributed by atoms with Gasteiger partial charge in [0, 0.05) is 12.1 Å². The van der Waals surface area contributed by atoms with Gasteiger partial charge in [-0.15, -0.1) is 0 Å². The Morgan fingerprint density at radius 2 is 1.82 bits per heavy atom. The summed E-state index contributed by atoms with van der Waals surface area (Å²) in [4.78, 5) is 22.8. The van der Waals surface area contributed by atoms with E-state index in [9.17, 15) is 22.8 Å². The highest BCUT2D eigenvalue weighted by molar-refractivity contribution is 5.71. The van der Waals surface area contributed by atoms with Crippen molar-refractivity contribution in [3.8, 4) is 0 Å². The van der Waals surface area contributed by atoms with Crippen LogP contribution in [0.5, 0.6) is 0 Å². The highest BCUT2D eigenvalue weighted by Gasteiger charge is 2.34. The molecule has 0 saturated heterocycles. The number of ether oxygens (including phenoxy) is 1. The Bertz CT molecular complexity index is 705. The normalized spacial score (nSPS) is 11.2. The molecule has 1 aromatic carbocycles. The maximum absolute atomic E-state index is 12.5. The lowest BCUT2D eigenvalue weighted by atomic mass is 10.2. The molecule has 7 heteroatoms. The van der Waals surface area contributed by atoms with Crippen LogP contribution in [0.4, 0.5) is 13.2 Å². The average Bonchev–Trinajstić information content (AvgIpc) is 2.45. The number of hydrogen-bond acceptors (Lipinski definition) is 4. The van der Waals surface area contributed by atoms with Crippen molar-refractivity contribution in [2.75, 3.05) is 0 Å². The van der Waals surface area contributed by atoms with E-state index in [2.05, 4.69) is 4.42 Å². The molecule has 0 spiro atoms. The number of benzene rings is 1. The van der Waals surface area contributed by atoms with E-state index in [1.165, 1.54) is 0 Å². The van der Waals surface area contributed by atoms with Gasteiger partial charge < -0.3 is 9.15 Å². The molecule has 116 valence electrons. The van der Waals surface area contributed by atoms with Crippen molar-refractivity contribution < 1.29 is 27.1 Å². The molecule has 0 amide bonds. The van der Waals surface area contributed by atoms with Crippen molar-refractivity contribution in [1.82, 2.24) is 0 Å².